The molecule has 0 radical (unpaired) electrons. The largest absolute Gasteiger partial charge is 0.455 e. The standard InChI is InChI=1S/C40H28O2/c1-40(2)35-18-5-3-15-33(35)38(41)34-24-28(20-21-36(34)40)26-11-7-10-25(22-26)27-12-8-13-29(23-27)30-16-9-17-32-31-14-4-6-19-37(31)42-39(30)32/h3-24H,1-2H3. The van der Waals surface area contributed by atoms with Gasteiger partial charge in [-0.3, -0.25) is 4.79 Å². The van der Waals surface area contributed by atoms with E-state index < -0.39 is 0 Å². The zero-order valence-electron chi connectivity index (χ0n) is 23.5. The van der Waals surface area contributed by atoms with Gasteiger partial charge in [0.05, 0.1) is 0 Å². The van der Waals surface area contributed by atoms with E-state index in [-0.39, 0.29) is 11.2 Å². The predicted molar refractivity (Wildman–Crippen MR) is 172 cm³/mol. The lowest BCUT2D eigenvalue weighted by molar-refractivity contribution is 0.103. The molecule has 42 heavy (non-hydrogen) atoms. The Morgan fingerprint density at radius 1 is 0.476 bits per heavy atom. The van der Waals surface area contributed by atoms with Crippen LogP contribution in [0.25, 0.3) is 55.3 Å². The summed E-state index contributed by atoms with van der Waals surface area (Å²) < 4.78 is 6.32. The van der Waals surface area contributed by atoms with Crippen LogP contribution in [0, 0.1) is 0 Å². The normalized spacial score (nSPS) is 13.7. The van der Waals surface area contributed by atoms with Gasteiger partial charge in [0.2, 0.25) is 0 Å². The van der Waals surface area contributed by atoms with Gasteiger partial charge in [-0.15, -0.1) is 0 Å². The van der Waals surface area contributed by atoms with Crippen molar-refractivity contribution < 1.29 is 9.21 Å². The Balaban J connectivity index is 1.19. The molecule has 1 aromatic heterocycles. The van der Waals surface area contributed by atoms with Gasteiger partial charge in [0.25, 0.3) is 0 Å². The second kappa shape index (κ2) is 9.15. The summed E-state index contributed by atoms with van der Waals surface area (Å²) in [5.74, 6) is 0.102. The van der Waals surface area contributed by atoms with Crippen LogP contribution in [-0.4, -0.2) is 5.78 Å². The van der Waals surface area contributed by atoms with Crippen LogP contribution in [0.2, 0.25) is 0 Å². The molecular formula is C40H28O2. The topological polar surface area (TPSA) is 30.2 Å². The minimum Gasteiger partial charge on any atom is -0.455 e. The van der Waals surface area contributed by atoms with E-state index in [0.29, 0.717) is 0 Å². The zero-order valence-corrected chi connectivity index (χ0v) is 23.5. The van der Waals surface area contributed by atoms with Crippen molar-refractivity contribution >= 4 is 27.7 Å². The molecule has 0 saturated carbocycles. The Labute approximate surface area is 244 Å². The van der Waals surface area contributed by atoms with Crippen LogP contribution in [-0.2, 0) is 5.41 Å². The summed E-state index contributed by atoms with van der Waals surface area (Å²) in [6, 6.07) is 46.1. The first-order chi connectivity index (χ1) is 20.5. The monoisotopic (exact) mass is 540 g/mol. The second-order valence-electron chi connectivity index (χ2n) is 11.7. The summed E-state index contributed by atoms with van der Waals surface area (Å²) in [5, 5.41) is 2.26. The highest BCUT2D eigenvalue weighted by Gasteiger charge is 2.36. The second-order valence-corrected chi connectivity index (χ2v) is 11.7. The summed E-state index contributed by atoms with van der Waals surface area (Å²) >= 11 is 0. The highest BCUT2D eigenvalue weighted by molar-refractivity contribution is 6.14. The Hall–Kier alpha value is -5.21. The summed E-state index contributed by atoms with van der Waals surface area (Å²) in [6.07, 6.45) is 0. The fourth-order valence-electron chi connectivity index (χ4n) is 6.69. The highest BCUT2D eigenvalue weighted by atomic mass is 16.3. The molecule has 6 aromatic carbocycles. The molecule has 2 heteroatoms. The molecule has 1 heterocycles. The number of hydrogen-bond donors (Lipinski definition) is 0. The van der Waals surface area contributed by atoms with Crippen molar-refractivity contribution in [2.24, 2.45) is 0 Å². The lowest BCUT2D eigenvalue weighted by Crippen LogP contribution is -2.30. The maximum atomic E-state index is 13.6. The number of para-hydroxylation sites is 2. The average Bonchev–Trinajstić information content (AvgIpc) is 3.43. The van der Waals surface area contributed by atoms with Gasteiger partial charge in [-0.1, -0.05) is 123 Å². The van der Waals surface area contributed by atoms with Gasteiger partial charge in [-0.05, 0) is 63.2 Å². The van der Waals surface area contributed by atoms with Crippen LogP contribution in [0.3, 0.4) is 0 Å². The number of rotatable bonds is 3. The van der Waals surface area contributed by atoms with Gasteiger partial charge >= 0.3 is 0 Å². The van der Waals surface area contributed by atoms with Gasteiger partial charge in [0.15, 0.2) is 5.78 Å². The maximum absolute atomic E-state index is 13.6. The van der Waals surface area contributed by atoms with E-state index in [2.05, 4.69) is 117 Å². The van der Waals surface area contributed by atoms with Crippen LogP contribution >= 0.6 is 0 Å². The predicted octanol–water partition coefficient (Wildman–Crippen LogP) is 10.5. The SMILES string of the molecule is CC1(C)c2ccccc2C(=O)c2cc(-c3cccc(-c4cccc(-c5cccc6c5oc5ccccc56)c4)c3)ccc21. The quantitative estimate of drug-likeness (QED) is 0.223. The highest BCUT2D eigenvalue weighted by Crippen LogP contribution is 2.43. The van der Waals surface area contributed by atoms with Gasteiger partial charge in [-0.2, -0.15) is 0 Å². The third-order valence-electron chi connectivity index (χ3n) is 8.89. The molecule has 8 rings (SSSR count). The van der Waals surface area contributed by atoms with Crippen LogP contribution < -0.4 is 0 Å². The number of carbonyl (C=O) groups excluding carboxylic acids is 1. The molecule has 0 saturated heterocycles. The van der Waals surface area contributed by atoms with E-state index in [1.807, 2.05) is 30.3 Å². The van der Waals surface area contributed by atoms with E-state index in [0.717, 1.165) is 77.6 Å². The molecule has 0 atom stereocenters. The van der Waals surface area contributed by atoms with Crippen molar-refractivity contribution in [3.8, 4) is 33.4 Å². The lowest BCUT2D eigenvalue weighted by atomic mass is 9.68. The molecule has 1 aliphatic rings. The first kappa shape index (κ1) is 24.6. The first-order valence-electron chi connectivity index (χ1n) is 14.4. The van der Waals surface area contributed by atoms with Gasteiger partial charge < -0.3 is 4.42 Å². The van der Waals surface area contributed by atoms with Crippen LogP contribution in [0.1, 0.15) is 40.9 Å². The minimum absolute atomic E-state index is 0.102. The van der Waals surface area contributed by atoms with E-state index in [1.165, 1.54) is 0 Å². The summed E-state index contributed by atoms with van der Waals surface area (Å²) in [7, 11) is 0. The molecule has 0 fully saturated rings. The Kier molecular flexibility index (Phi) is 5.36. The van der Waals surface area contributed by atoms with Crippen molar-refractivity contribution in [1.29, 1.82) is 0 Å². The van der Waals surface area contributed by atoms with Crippen molar-refractivity contribution in [3.63, 3.8) is 0 Å². The summed E-state index contributed by atoms with van der Waals surface area (Å²) in [5.41, 5.74) is 11.9. The first-order valence-corrected chi connectivity index (χ1v) is 14.4. The molecule has 0 spiro atoms. The number of hydrogen-bond acceptors (Lipinski definition) is 2. The number of ketones is 1. The molecule has 200 valence electrons. The van der Waals surface area contributed by atoms with Gasteiger partial charge in [-0.25, -0.2) is 0 Å². The lowest BCUT2D eigenvalue weighted by Gasteiger charge is -2.34. The average molecular weight is 541 g/mol. The number of furan rings is 1. The Morgan fingerprint density at radius 3 is 1.86 bits per heavy atom. The number of carbonyl (C=O) groups is 1. The molecule has 0 unspecified atom stereocenters. The summed E-state index contributed by atoms with van der Waals surface area (Å²) in [4.78, 5) is 13.6. The molecule has 2 nitrogen and oxygen atoms in total. The minimum atomic E-state index is -0.233. The van der Waals surface area contributed by atoms with Crippen LogP contribution in [0.4, 0.5) is 0 Å². The molecule has 0 bridgehead atoms. The van der Waals surface area contributed by atoms with Crippen LogP contribution in [0.15, 0.2) is 138 Å². The van der Waals surface area contributed by atoms with Crippen molar-refractivity contribution in [3.05, 3.63) is 156 Å². The molecule has 1 aliphatic carbocycles. The Bertz CT molecular complexity index is 2190. The maximum Gasteiger partial charge on any atom is 0.193 e. The molecule has 0 aliphatic heterocycles. The fourth-order valence-corrected chi connectivity index (χ4v) is 6.69. The van der Waals surface area contributed by atoms with Gasteiger partial charge in [0.1, 0.15) is 11.2 Å². The number of fused-ring (bicyclic) bond motifs is 5. The fraction of sp³-hybridized carbons (Fsp3) is 0.0750. The smallest absolute Gasteiger partial charge is 0.193 e. The van der Waals surface area contributed by atoms with Gasteiger partial charge in [0, 0.05) is 32.9 Å². The summed E-state index contributed by atoms with van der Waals surface area (Å²) in [6.45, 7) is 4.41. The van der Waals surface area contributed by atoms with E-state index in [4.69, 9.17) is 4.42 Å². The van der Waals surface area contributed by atoms with Crippen LogP contribution in [0.5, 0.6) is 0 Å². The van der Waals surface area contributed by atoms with Crippen molar-refractivity contribution in [2.75, 3.05) is 0 Å². The zero-order chi connectivity index (χ0) is 28.4. The molecular weight excluding hydrogens is 512 g/mol. The third kappa shape index (κ3) is 3.69. The van der Waals surface area contributed by atoms with Crippen molar-refractivity contribution in [1.82, 2.24) is 0 Å². The van der Waals surface area contributed by atoms with Crippen molar-refractivity contribution in [2.45, 2.75) is 19.3 Å². The van der Waals surface area contributed by atoms with E-state index >= 15 is 0 Å². The Morgan fingerprint density at radius 2 is 1.05 bits per heavy atom. The molecule has 0 amide bonds. The van der Waals surface area contributed by atoms with E-state index in [9.17, 15) is 4.79 Å². The van der Waals surface area contributed by atoms with E-state index in [1.54, 1.807) is 0 Å². The third-order valence-corrected chi connectivity index (χ3v) is 8.89. The number of benzene rings is 6. The molecule has 7 aromatic rings. The molecule has 0 N–H and O–H groups in total.